The summed E-state index contributed by atoms with van der Waals surface area (Å²) < 4.78 is 6.01. The van der Waals surface area contributed by atoms with Crippen LogP contribution in [0, 0.1) is 0 Å². The van der Waals surface area contributed by atoms with Gasteiger partial charge in [0.25, 0.3) is 0 Å². The summed E-state index contributed by atoms with van der Waals surface area (Å²) in [6.45, 7) is 1.38. The number of benzene rings is 2. The number of fused-ring (bicyclic) bond motifs is 3. The van der Waals surface area contributed by atoms with Crippen LogP contribution in [0.5, 0.6) is 5.75 Å². The minimum atomic E-state index is 0.124. The highest BCUT2D eigenvalue weighted by molar-refractivity contribution is 8.01. The van der Waals surface area contributed by atoms with E-state index in [4.69, 9.17) is 4.74 Å². The van der Waals surface area contributed by atoms with Crippen molar-refractivity contribution in [2.75, 3.05) is 24.7 Å². The molecule has 2 N–H and O–H groups in total. The minimum absolute atomic E-state index is 0.124. The molecule has 0 aliphatic carbocycles. The summed E-state index contributed by atoms with van der Waals surface area (Å²) in [4.78, 5) is 18.3. The molecule has 7 nitrogen and oxygen atoms in total. The fourth-order valence-corrected chi connectivity index (χ4v) is 5.41. The molecule has 5 rings (SSSR count). The van der Waals surface area contributed by atoms with Crippen molar-refractivity contribution in [1.29, 1.82) is 0 Å². The summed E-state index contributed by atoms with van der Waals surface area (Å²) in [6, 6.07) is 15.9. The van der Waals surface area contributed by atoms with E-state index in [-0.39, 0.29) is 5.91 Å². The van der Waals surface area contributed by atoms with Gasteiger partial charge in [-0.3, -0.25) is 4.79 Å². The van der Waals surface area contributed by atoms with Gasteiger partial charge in [0, 0.05) is 53.4 Å². The van der Waals surface area contributed by atoms with Gasteiger partial charge in [-0.2, -0.15) is 0 Å². The molecule has 0 bridgehead atoms. The second-order valence-corrected chi connectivity index (χ2v) is 9.41. The number of amides is 1. The van der Waals surface area contributed by atoms with E-state index in [9.17, 15) is 4.79 Å². The largest absolute Gasteiger partial charge is 0.497 e. The average Bonchev–Trinajstić information content (AvgIpc) is 3.41. The summed E-state index contributed by atoms with van der Waals surface area (Å²) >= 11 is 2.86. The van der Waals surface area contributed by atoms with E-state index in [1.54, 1.807) is 7.11 Å². The number of rotatable bonds is 6. The lowest BCUT2D eigenvalue weighted by Gasteiger charge is -2.27. The highest BCUT2D eigenvalue weighted by Gasteiger charge is 2.24. The van der Waals surface area contributed by atoms with Crippen LogP contribution in [0.3, 0.4) is 0 Å². The van der Waals surface area contributed by atoms with Crippen LogP contribution in [-0.2, 0) is 17.8 Å². The molecular weight excluding hydrogens is 430 g/mol. The van der Waals surface area contributed by atoms with Gasteiger partial charge in [0.1, 0.15) is 5.75 Å². The minimum Gasteiger partial charge on any atom is -0.497 e. The Morgan fingerprint density at radius 1 is 1.26 bits per heavy atom. The third-order valence-electron chi connectivity index (χ3n) is 5.28. The number of ether oxygens (including phenoxy) is 1. The van der Waals surface area contributed by atoms with Crippen molar-refractivity contribution in [3.8, 4) is 5.75 Å². The summed E-state index contributed by atoms with van der Waals surface area (Å²) in [5.41, 5.74) is 4.50. The molecule has 0 saturated heterocycles. The summed E-state index contributed by atoms with van der Waals surface area (Å²) in [7, 11) is 1.64. The van der Waals surface area contributed by atoms with Gasteiger partial charge in [0.05, 0.1) is 12.9 Å². The maximum atomic E-state index is 12.8. The predicted molar refractivity (Wildman–Crippen MR) is 124 cm³/mol. The normalized spacial score (nSPS) is 13.3. The van der Waals surface area contributed by atoms with Crippen LogP contribution < -0.4 is 10.1 Å². The van der Waals surface area contributed by atoms with Crippen LogP contribution in [0.4, 0.5) is 10.8 Å². The Hall–Kier alpha value is -3.04. The van der Waals surface area contributed by atoms with E-state index in [1.165, 1.54) is 39.7 Å². The van der Waals surface area contributed by atoms with Gasteiger partial charge < -0.3 is 19.9 Å². The van der Waals surface area contributed by atoms with Crippen molar-refractivity contribution in [3.63, 3.8) is 0 Å². The SMILES string of the molecule is COc1cccc(Nc2nnc(SCC(=O)N3CCc4[nH]c5ccccc5c4C3)s2)c1. The zero-order valence-electron chi connectivity index (χ0n) is 16.9. The zero-order chi connectivity index (χ0) is 21.2. The second kappa shape index (κ2) is 8.60. The van der Waals surface area contributed by atoms with E-state index >= 15 is 0 Å². The number of para-hydroxylation sites is 1. The number of H-pyrrole nitrogens is 1. The number of nitrogens with zero attached hydrogens (tertiary/aromatic N) is 3. The smallest absolute Gasteiger partial charge is 0.233 e. The van der Waals surface area contributed by atoms with Crippen molar-refractivity contribution in [2.45, 2.75) is 17.3 Å². The van der Waals surface area contributed by atoms with Gasteiger partial charge >= 0.3 is 0 Å². The van der Waals surface area contributed by atoms with Crippen LogP contribution in [0.25, 0.3) is 10.9 Å². The molecule has 1 amide bonds. The fraction of sp³-hybridized carbons (Fsp3) is 0.227. The number of aromatic amines is 1. The van der Waals surface area contributed by atoms with E-state index in [0.717, 1.165) is 34.3 Å². The molecule has 2 aromatic carbocycles. The molecule has 0 saturated carbocycles. The monoisotopic (exact) mass is 451 g/mol. The Morgan fingerprint density at radius 3 is 3.06 bits per heavy atom. The third-order valence-corrected chi connectivity index (χ3v) is 7.24. The van der Waals surface area contributed by atoms with Crippen molar-refractivity contribution in [2.24, 2.45) is 0 Å². The van der Waals surface area contributed by atoms with E-state index in [0.29, 0.717) is 17.4 Å². The lowest BCUT2D eigenvalue weighted by Crippen LogP contribution is -2.36. The molecule has 3 heterocycles. The Morgan fingerprint density at radius 2 is 2.16 bits per heavy atom. The summed E-state index contributed by atoms with van der Waals surface area (Å²) in [5.74, 6) is 1.25. The van der Waals surface area contributed by atoms with E-state index < -0.39 is 0 Å². The van der Waals surface area contributed by atoms with E-state index in [1.807, 2.05) is 41.3 Å². The molecule has 0 radical (unpaired) electrons. The van der Waals surface area contributed by atoms with Crippen LogP contribution in [-0.4, -0.2) is 45.4 Å². The molecular formula is C22H21N5O2S2. The van der Waals surface area contributed by atoms with Gasteiger partial charge in [-0.25, -0.2) is 0 Å². The molecule has 158 valence electrons. The number of thioether (sulfide) groups is 1. The molecule has 31 heavy (non-hydrogen) atoms. The Labute approximate surface area is 187 Å². The molecule has 2 aromatic heterocycles. The molecule has 9 heteroatoms. The number of nitrogens with one attached hydrogen (secondary N) is 2. The quantitative estimate of drug-likeness (QED) is 0.422. The number of aromatic nitrogens is 3. The highest BCUT2D eigenvalue weighted by Crippen LogP contribution is 2.31. The van der Waals surface area contributed by atoms with Crippen molar-refractivity contribution in [3.05, 3.63) is 59.8 Å². The first-order valence-corrected chi connectivity index (χ1v) is 11.7. The molecule has 1 aliphatic rings. The first-order valence-electron chi connectivity index (χ1n) is 9.93. The molecule has 0 spiro atoms. The maximum absolute atomic E-state index is 12.8. The van der Waals surface area contributed by atoms with Crippen molar-refractivity contribution < 1.29 is 9.53 Å². The lowest BCUT2D eigenvalue weighted by molar-refractivity contribution is -0.129. The third kappa shape index (κ3) is 4.24. The van der Waals surface area contributed by atoms with Gasteiger partial charge in [0.2, 0.25) is 11.0 Å². The number of hydrogen-bond acceptors (Lipinski definition) is 7. The lowest BCUT2D eigenvalue weighted by atomic mass is 10.0. The number of hydrogen-bond donors (Lipinski definition) is 2. The zero-order valence-corrected chi connectivity index (χ0v) is 18.6. The number of anilines is 2. The predicted octanol–water partition coefficient (Wildman–Crippen LogP) is 4.45. The van der Waals surface area contributed by atoms with Crippen LogP contribution in [0.1, 0.15) is 11.3 Å². The van der Waals surface area contributed by atoms with Gasteiger partial charge in [0.15, 0.2) is 4.34 Å². The fourth-order valence-electron chi connectivity index (χ4n) is 3.74. The first kappa shape index (κ1) is 19.9. The van der Waals surface area contributed by atoms with E-state index in [2.05, 4.69) is 32.6 Å². The summed E-state index contributed by atoms with van der Waals surface area (Å²) in [6.07, 6.45) is 0.855. The Balaban J connectivity index is 1.19. The van der Waals surface area contributed by atoms with Crippen LogP contribution in [0.15, 0.2) is 52.9 Å². The summed E-state index contributed by atoms with van der Waals surface area (Å²) in [5, 5.41) is 13.5. The number of carbonyl (C=O) groups excluding carboxylic acids is 1. The van der Waals surface area contributed by atoms with Crippen molar-refractivity contribution >= 4 is 50.7 Å². The molecule has 0 unspecified atom stereocenters. The standard InChI is InChI=1S/C22H21N5O2S2/c1-29-15-6-4-5-14(11-15)23-21-25-26-22(31-21)30-13-20(28)27-10-9-19-17(12-27)16-7-2-3-8-18(16)24-19/h2-8,11,24H,9-10,12-13H2,1H3,(H,23,25). The second-order valence-electron chi connectivity index (χ2n) is 7.21. The topological polar surface area (TPSA) is 83.1 Å². The van der Waals surface area contributed by atoms with Crippen LogP contribution in [0.2, 0.25) is 0 Å². The molecule has 0 atom stereocenters. The Kier molecular flexibility index (Phi) is 5.52. The van der Waals surface area contributed by atoms with Crippen molar-refractivity contribution in [1.82, 2.24) is 20.1 Å². The average molecular weight is 452 g/mol. The first-order chi connectivity index (χ1) is 15.2. The maximum Gasteiger partial charge on any atom is 0.233 e. The van der Waals surface area contributed by atoms with Gasteiger partial charge in [-0.15, -0.1) is 10.2 Å². The number of methoxy groups -OCH3 is 1. The highest BCUT2D eigenvalue weighted by atomic mass is 32.2. The van der Waals surface area contributed by atoms with Gasteiger partial charge in [-0.1, -0.05) is 47.4 Å². The number of carbonyl (C=O) groups is 1. The molecule has 0 fully saturated rings. The van der Waals surface area contributed by atoms with Gasteiger partial charge in [-0.05, 0) is 18.2 Å². The van der Waals surface area contributed by atoms with Crippen LogP contribution >= 0.6 is 23.1 Å². The Bertz CT molecular complexity index is 1240. The molecule has 4 aromatic rings. The molecule has 1 aliphatic heterocycles.